The summed E-state index contributed by atoms with van der Waals surface area (Å²) in [5.74, 6) is -0.0561. The molecule has 7 heteroatoms. The van der Waals surface area contributed by atoms with E-state index in [1.165, 1.54) is 0 Å². The molecule has 2 N–H and O–H groups in total. The van der Waals surface area contributed by atoms with Crippen LogP contribution in [0.2, 0.25) is 0 Å². The Morgan fingerprint density at radius 1 is 1.29 bits per heavy atom. The van der Waals surface area contributed by atoms with E-state index in [0.717, 1.165) is 32.8 Å². The molecule has 2 atom stereocenters. The van der Waals surface area contributed by atoms with Crippen molar-refractivity contribution in [2.75, 3.05) is 50.9 Å². The molecule has 17 heavy (non-hydrogen) atoms. The normalized spacial score (nSPS) is 33.9. The van der Waals surface area contributed by atoms with E-state index < -0.39 is 15.9 Å². The number of nitrogens with one attached hydrogen (secondary N) is 1. The fourth-order valence-corrected chi connectivity index (χ4v) is 4.03. The van der Waals surface area contributed by atoms with Gasteiger partial charge < -0.3 is 15.2 Å². The van der Waals surface area contributed by atoms with Crippen LogP contribution in [0.3, 0.4) is 0 Å². The lowest BCUT2D eigenvalue weighted by molar-refractivity contribution is 0.0375. The molecule has 6 nitrogen and oxygen atoms in total. The molecular weight excluding hydrogens is 244 g/mol. The summed E-state index contributed by atoms with van der Waals surface area (Å²) >= 11 is 0. The highest BCUT2D eigenvalue weighted by Gasteiger charge is 2.35. The molecule has 2 rings (SSSR count). The van der Waals surface area contributed by atoms with Crippen LogP contribution in [0.4, 0.5) is 0 Å². The molecule has 100 valence electrons. The van der Waals surface area contributed by atoms with Gasteiger partial charge in [0, 0.05) is 32.2 Å². The minimum Gasteiger partial charge on any atom is -0.390 e. The highest BCUT2D eigenvalue weighted by molar-refractivity contribution is 7.91. The van der Waals surface area contributed by atoms with Gasteiger partial charge in [-0.15, -0.1) is 0 Å². The number of hydrogen-bond acceptors (Lipinski definition) is 6. The van der Waals surface area contributed by atoms with Gasteiger partial charge >= 0.3 is 0 Å². The fraction of sp³-hybridized carbons (Fsp3) is 1.00. The van der Waals surface area contributed by atoms with Gasteiger partial charge in [0.05, 0.1) is 30.8 Å². The van der Waals surface area contributed by atoms with Crippen molar-refractivity contribution >= 4 is 9.84 Å². The van der Waals surface area contributed by atoms with Crippen molar-refractivity contribution in [3.63, 3.8) is 0 Å². The smallest absolute Gasteiger partial charge is 0.154 e. The third-order valence-corrected chi connectivity index (χ3v) is 4.98. The van der Waals surface area contributed by atoms with E-state index in [-0.39, 0.29) is 17.5 Å². The predicted molar refractivity (Wildman–Crippen MR) is 63.7 cm³/mol. The number of sulfone groups is 1. The number of aliphatic hydroxyl groups is 1. The second-order valence-electron chi connectivity index (χ2n) is 4.66. The Labute approximate surface area is 102 Å². The molecule has 0 spiro atoms. The van der Waals surface area contributed by atoms with E-state index in [0.29, 0.717) is 6.54 Å². The second-order valence-corrected chi connectivity index (χ2v) is 6.81. The van der Waals surface area contributed by atoms with Crippen molar-refractivity contribution in [3.8, 4) is 0 Å². The number of morpholine rings is 1. The zero-order valence-electron chi connectivity index (χ0n) is 9.84. The maximum atomic E-state index is 11.3. The summed E-state index contributed by atoms with van der Waals surface area (Å²) in [7, 11) is -3.05. The molecule has 0 radical (unpaired) electrons. The van der Waals surface area contributed by atoms with Crippen molar-refractivity contribution in [3.05, 3.63) is 0 Å². The van der Waals surface area contributed by atoms with Gasteiger partial charge in [-0.1, -0.05) is 0 Å². The zero-order valence-corrected chi connectivity index (χ0v) is 10.7. The molecule has 0 amide bonds. The molecular formula is C10H20N2O4S. The zero-order chi connectivity index (χ0) is 12.3. The van der Waals surface area contributed by atoms with E-state index in [1.807, 2.05) is 0 Å². The average molecular weight is 264 g/mol. The SMILES string of the molecule is O=S1(=O)C[C@H](O)[C@H](NCCN2CCOCC2)C1. The van der Waals surface area contributed by atoms with Crippen molar-refractivity contribution in [1.29, 1.82) is 0 Å². The van der Waals surface area contributed by atoms with Gasteiger partial charge in [-0.25, -0.2) is 8.42 Å². The lowest BCUT2D eigenvalue weighted by atomic mass is 10.2. The number of ether oxygens (including phenoxy) is 1. The first kappa shape index (κ1) is 13.2. The molecule has 0 aromatic heterocycles. The van der Waals surface area contributed by atoms with E-state index in [2.05, 4.69) is 10.2 Å². The molecule has 2 aliphatic heterocycles. The maximum Gasteiger partial charge on any atom is 0.154 e. The van der Waals surface area contributed by atoms with Gasteiger partial charge in [0.15, 0.2) is 9.84 Å². The van der Waals surface area contributed by atoms with Gasteiger partial charge in [-0.3, -0.25) is 4.90 Å². The lowest BCUT2D eigenvalue weighted by Crippen LogP contribution is -2.45. The van der Waals surface area contributed by atoms with Crippen LogP contribution in [0.5, 0.6) is 0 Å². The van der Waals surface area contributed by atoms with Gasteiger partial charge in [-0.2, -0.15) is 0 Å². The molecule has 2 fully saturated rings. The Morgan fingerprint density at radius 2 is 2.00 bits per heavy atom. The van der Waals surface area contributed by atoms with Crippen LogP contribution in [0.1, 0.15) is 0 Å². The first-order valence-electron chi connectivity index (χ1n) is 5.99. The molecule has 0 bridgehead atoms. The molecule has 0 aliphatic carbocycles. The highest BCUT2D eigenvalue weighted by Crippen LogP contribution is 2.12. The van der Waals surface area contributed by atoms with Gasteiger partial charge in [0.25, 0.3) is 0 Å². The summed E-state index contributed by atoms with van der Waals surface area (Å²) in [6, 6.07) is -0.305. The largest absolute Gasteiger partial charge is 0.390 e. The Kier molecular flexibility index (Phi) is 4.37. The summed E-state index contributed by atoms with van der Waals surface area (Å²) in [6.07, 6.45) is -0.760. The summed E-state index contributed by atoms with van der Waals surface area (Å²) in [5.41, 5.74) is 0. The van der Waals surface area contributed by atoms with Crippen LogP contribution in [-0.2, 0) is 14.6 Å². The quantitative estimate of drug-likeness (QED) is 0.615. The number of aliphatic hydroxyl groups excluding tert-OH is 1. The number of hydrogen-bond donors (Lipinski definition) is 2. The molecule has 0 saturated carbocycles. The van der Waals surface area contributed by atoms with E-state index >= 15 is 0 Å². The van der Waals surface area contributed by atoms with E-state index in [1.54, 1.807) is 0 Å². The molecule has 2 aliphatic rings. The summed E-state index contributed by atoms with van der Waals surface area (Å²) in [6.45, 7) is 4.95. The van der Waals surface area contributed by atoms with Crippen LogP contribution >= 0.6 is 0 Å². The predicted octanol–water partition coefficient (Wildman–Crippen LogP) is -1.93. The fourth-order valence-electron chi connectivity index (χ4n) is 2.26. The standard InChI is InChI=1S/C10H20N2O4S/c13-10-8-17(14,15)7-9(10)11-1-2-12-3-5-16-6-4-12/h9-11,13H,1-8H2/t9-,10+/m1/s1. The molecule has 0 unspecified atom stereocenters. The molecule has 0 aromatic carbocycles. The summed E-state index contributed by atoms with van der Waals surface area (Å²) < 4.78 is 27.8. The Hall–Kier alpha value is -0.210. The minimum absolute atomic E-state index is 0.0529. The monoisotopic (exact) mass is 264 g/mol. The van der Waals surface area contributed by atoms with Gasteiger partial charge in [0.1, 0.15) is 0 Å². The van der Waals surface area contributed by atoms with Gasteiger partial charge in [-0.05, 0) is 0 Å². The van der Waals surface area contributed by atoms with Crippen molar-refractivity contribution in [2.24, 2.45) is 0 Å². The van der Waals surface area contributed by atoms with E-state index in [4.69, 9.17) is 4.74 Å². The highest BCUT2D eigenvalue weighted by atomic mass is 32.2. The summed E-state index contributed by atoms with van der Waals surface area (Å²) in [5, 5.41) is 12.7. The Bertz CT molecular complexity index is 340. The minimum atomic E-state index is -3.05. The van der Waals surface area contributed by atoms with Crippen LogP contribution < -0.4 is 5.32 Å². The number of nitrogens with zero attached hydrogens (tertiary/aromatic N) is 1. The maximum absolute atomic E-state index is 11.3. The van der Waals surface area contributed by atoms with Crippen LogP contribution in [0, 0.1) is 0 Å². The first-order chi connectivity index (χ1) is 8.07. The number of rotatable bonds is 4. The van der Waals surface area contributed by atoms with Crippen LogP contribution in [0.25, 0.3) is 0 Å². The van der Waals surface area contributed by atoms with E-state index in [9.17, 15) is 13.5 Å². The topological polar surface area (TPSA) is 78.9 Å². The third kappa shape index (κ3) is 3.89. The first-order valence-corrected chi connectivity index (χ1v) is 7.81. The Morgan fingerprint density at radius 3 is 2.59 bits per heavy atom. The summed E-state index contributed by atoms with van der Waals surface area (Å²) in [4.78, 5) is 2.27. The second kappa shape index (κ2) is 5.62. The average Bonchev–Trinajstić information content (AvgIpc) is 2.53. The lowest BCUT2D eigenvalue weighted by Gasteiger charge is -2.27. The Balaban J connectivity index is 1.68. The molecule has 2 heterocycles. The van der Waals surface area contributed by atoms with Crippen molar-refractivity contribution in [2.45, 2.75) is 12.1 Å². The third-order valence-electron chi connectivity index (χ3n) is 3.26. The van der Waals surface area contributed by atoms with Crippen LogP contribution in [-0.4, -0.2) is 81.5 Å². The van der Waals surface area contributed by atoms with Crippen molar-refractivity contribution < 1.29 is 18.3 Å². The molecule has 0 aromatic rings. The van der Waals surface area contributed by atoms with Crippen LogP contribution in [0.15, 0.2) is 0 Å². The molecule has 2 saturated heterocycles. The van der Waals surface area contributed by atoms with Crippen molar-refractivity contribution in [1.82, 2.24) is 10.2 Å². The van der Waals surface area contributed by atoms with Gasteiger partial charge in [0.2, 0.25) is 0 Å².